The molecule has 28 heavy (non-hydrogen) atoms. The van der Waals surface area contributed by atoms with Crippen molar-refractivity contribution < 1.29 is 13.2 Å². The minimum absolute atomic E-state index is 0.181. The Labute approximate surface area is 165 Å². The van der Waals surface area contributed by atoms with Crippen LogP contribution < -0.4 is 9.62 Å². The molecule has 0 saturated heterocycles. The van der Waals surface area contributed by atoms with E-state index in [9.17, 15) is 13.2 Å². The zero-order valence-corrected chi connectivity index (χ0v) is 16.6. The Morgan fingerprint density at radius 1 is 0.893 bits per heavy atom. The lowest BCUT2D eigenvalue weighted by molar-refractivity contribution is 0.0951. The molecule has 5 nitrogen and oxygen atoms in total. The summed E-state index contributed by atoms with van der Waals surface area (Å²) >= 11 is 0. The number of hydrogen-bond acceptors (Lipinski definition) is 3. The highest BCUT2D eigenvalue weighted by atomic mass is 32.2. The largest absolute Gasteiger partial charge is 0.348 e. The Balaban J connectivity index is 1.86. The van der Waals surface area contributed by atoms with Crippen molar-refractivity contribution in [2.24, 2.45) is 0 Å². The maximum Gasteiger partial charge on any atom is 0.264 e. The van der Waals surface area contributed by atoms with Gasteiger partial charge in [-0.1, -0.05) is 60.2 Å². The van der Waals surface area contributed by atoms with E-state index in [0.717, 1.165) is 15.4 Å². The number of anilines is 1. The molecule has 0 aliphatic rings. The monoisotopic (exact) mass is 394 g/mol. The first-order chi connectivity index (χ1) is 13.4. The van der Waals surface area contributed by atoms with E-state index in [2.05, 4.69) is 5.32 Å². The minimum Gasteiger partial charge on any atom is -0.348 e. The average Bonchev–Trinajstić information content (AvgIpc) is 2.72. The summed E-state index contributed by atoms with van der Waals surface area (Å²) in [7, 11) is -2.32. The second-order valence-electron chi connectivity index (χ2n) is 6.47. The fourth-order valence-electron chi connectivity index (χ4n) is 2.81. The molecular formula is C22H22N2O3S. The highest BCUT2D eigenvalue weighted by Gasteiger charge is 2.24. The molecule has 6 heteroatoms. The molecule has 0 aliphatic heterocycles. The average molecular weight is 394 g/mol. The van der Waals surface area contributed by atoms with Gasteiger partial charge in [-0.05, 0) is 36.8 Å². The molecule has 0 atom stereocenters. The first kappa shape index (κ1) is 19.6. The number of sulfonamides is 1. The Morgan fingerprint density at radius 2 is 1.50 bits per heavy atom. The lowest BCUT2D eigenvalue weighted by Crippen LogP contribution is -2.30. The van der Waals surface area contributed by atoms with Crippen LogP contribution >= 0.6 is 0 Å². The van der Waals surface area contributed by atoms with Gasteiger partial charge in [-0.3, -0.25) is 9.10 Å². The number of rotatable bonds is 6. The highest BCUT2D eigenvalue weighted by Crippen LogP contribution is 2.26. The van der Waals surface area contributed by atoms with Crippen LogP contribution in [0, 0.1) is 6.92 Å². The van der Waals surface area contributed by atoms with Crippen molar-refractivity contribution in [1.29, 1.82) is 0 Å². The van der Waals surface area contributed by atoms with Crippen molar-refractivity contribution in [3.05, 3.63) is 95.6 Å². The standard InChI is InChI=1S/C22H22N2O3S/c1-17-12-14-19(15-13-17)28(26,27)24(2)21-11-7-6-10-20(21)22(25)23-16-18-8-4-3-5-9-18/h3-15H,16H2,1-2H3,(H,23,25). The fourth-order valence-corrected chi connectivity index (χ4v) is 4.03. The predicted octanol–water partition coefficient (Wildman–Crippen LogP) is 3.75. The molecule has 0 unspecified atom stereocenters. The van der Waals surface area contributed by atoms with Crippen molar-refractivity contribution in [2.45, 2.75) is 18.4 Å². The number of hydrogen-bond donors (Lipinski definition) is 1. The molecule has 0 aliphatic carbocycles. The van der Waals surface area contributed by atoms with Crippen molar-refractivity contribution >= 4 is 21.6 Å². The summed E-state index contributed by atoms with van der Waals surface area (Å²) in [6.45, 7) is 2.26. The van der Waals surface area contributed by atoms with E-state index in [1.54, 1.807) is 48.5 Å². The summed E-state index contributed by atoms with van der Waals surface area (Å²) in [6.07, 6.45) is 0. The normalized spacial score (nSPS) is 11.1. The highest BCUT2D eigenvalue weighted by molar-refractivity contribution is 7.92. The first-order valence-corrected chi connectivity index (χ1v) is 10.3. The van der Waals surface area contributed by atoms with Crippen LogP contribution in [0.5, 0.6) is 0 Å². The molecule has 0 saturated carbocycles. The van der Waals surface area contributed by atoms with Gasteiger partial charge in [0.05, 0.1) is 16.1 Å². The first-order valence-electron chi connectivity index (χ1n) is 8.86. The quantitative estimate of drug-likeness (QED) is 0.692. The lowest BCUT2D eigenvalue weighted by atomic mass is 10.1. The number of benzene rings is 3. The van der Waals surface area contributed by atoms with Crippen LogP contribution in [0.25, 0.3) is 0 Å². The summed E-state index contributed by atoms with van der Waals surface area (Å²) < 4.78 is 27.1. The van der Waals surface area contributed by atoms with Gasteiger partial charge in [0.25, 0.3) is 15.9 Å². The third kappa shape index (κ3) is 4.23. The summed E-state index contributed by atoms with van der Waals surface area (Å²) in [4.78, 5) is 12.9. The molecule has 0 aromatic heterocycles. The van der Waals surface area contributed by atoms with Crippen molar-refractivity contribution in [1.82, 2.24) is 5.32 Å². The molecule has 0 heterocycles. The second kappa shape index (κ2) is 8.27. The zero-order chi connectivity index (χ0) is 20.1. The summed E-state index contributed by atoms with van der Waals surface area (Å²) in [5.74, 6) is -0.328. The zero-order valence-electron chi connectivity index (χ0n) is 15.8. The molecule has 3 aromatic rings. The maximum atomic E-state index is 13.0. The van der Waals surface area contributed by atoms with E-state index in [0.29, 0.717) is 17.8 Å². The third-order valence-corrected chi connectivity index (χ3v) is 6.25. The summed E-state index contributed by atoms with van der Waals surface area (Å²) in [5, 5.41) is 2.85. The molecular weight excluding hydrogens is 372 g/mol. The van der Waals surface area contributed by atoms with Crippen molar-refractivity contribution in [2.75, 3.05) is 11.4 Å². The summed E-state index contributed by atoms with van der Waals surface area (Å²) in [6, 6.07) is 22.9. The van der Waals surface area contributed by atoms with Crippen LogP contribution in [0.3, 0.4) is 0 Å². The van der Waals surface area contributed by atoms with Gasteiger partial charge in [-0.25, -0.2) is 8.42 Å². The van der Waals surface area contributed by atoms with Crippen LogP contribution in [-0.2, 0) is 16.6 Å². The molecule has 144 valence electrons. The Morgan fingerprint density at radius 3 is 2.18 bits per heavy atom. The Hall–Kier alpha value is -3.12. The SMILES string of the molecule is Cc1ccc(S(=O)(=O)N(C)c2ccccc2C(=O)NCc2ccccc2)cc1. The van der Waals surface area contributed by atoms with Crippen molar-refractivity contribution in [3.8, 4) is 0 Å². The number of amides is 1. The number of carbonyl (C=O) groups is 1. The number of para-hydroxylation sites is 1. The predicted molar refractivity (Wildman–Crippen MR) is 111 cm³/mol. The van der Waals surface area contributed by atoms with Crippen LogP contribution in [0.2, 0.25) is 0 Å². The van der Waals surface area contributed by atoms with Crippen LogP contribution in [-0.4, -0.2) is 21.4 Å². The van der Waals surface area contributed by atoms with Crippen LogP contribution in [0.4, 0.5) is 5.69 Å². The maximum absolute atomic E-state index is 13.0. The van der Waals surface area contributed by atoms with Crippen LogP contribution in [0.1, 0.15) is 21.5 Å². The van der Waals surface area contributed by atoms with Gasteiger partial charge in [-0.2, -0.15) is 0 Å². The molecule has 0 spiro atoms. The minimum atomic E-state index is -3.78. The number of nitrogens with one attached hydrogen (secondary N) is 1. The molecule has 1 amide bonds. The van der Waals surface area contributed by atoms with Gasteiger partial charge in [0.2, 0.25) is 0 Å². The molecule has 0 radical (unpaired) electrons. The molecule has 3 rings (SSSR count). The lowest BCUT2D eigenvalue weighted by Gasteiger charge is -2.22. The Bertz CT molecular complexity index is 1060. The van der Waals surface area contributed by atoms with Crippen molar-refractivity contribution in [3.63, 3.8) is 0 Å². The number of aryl methyl sites for hydroxylation is 1. The van der Waals surface area contributed by atoms with Gasteiger partial charge in [0, 0.05) is 13.6 Å². The fraction of sp³-hybridized carbons (Fsp3) is 0.136. The molecule has 1 N–H and O–H groups in total. The summed E-state index contributed by atoms with van der Waals surface area (Å²) in [5.41, 5.74) is 2.57. The molecule has 0 bridgehead atoms. The second-order valence-corrected chi connectivity index (χ2v) is 8.44. The topological polar surface area (TPSA) is 66.5 Å². The smallest absolute Gasteiger partial charge is 0.264 e. The van der Waals surface area contributed by atoms with Gasteiger partial charge >= 0.3 is 0 Å². The van der Waals surface area contributed by atoms with E-state index < -0.39 is 10.0 Å². The van der Waals surface area contributed by atoms with E-state index in [-0.39, 0.29) is 10.8 Å². The van der Waals surface area contributed by atoms with E-state index in [1.165, 1.54) is 7.05 Å². The van der Waals surface area contributed by atoms with Gasteiger partial charge in [-0.15, -0.1) is 0 Å². The number of nitrogens with zero attached hydrogens (tertiary/aromatic N) is 1. The van der Waals surface area contributed by atoms with E-state index in [4.69, 9.17) is 0 Å². The Kier molecular flexibility index (Phi) is 5.80. The third-order valence-electron chi connectivity index (χ3n) is 4.46. The van der Waals surface area contributed by atoms with Gasteiger partial charge < -0.3 is 5.32 Å². The van der Waals surface area contributed by atoms with Gasteiger partial charge in [0.15, 0.2) is 0 Å². The van der Waals surface area contributed by atoms with E-state index in [1.807, 2.05) is 37.3 Å². The molecule has 0 fully saturated rings. The number of carbonyl (C=O) groups excluding carboxylic acids is 1. The molecule has 3 aromatic carbocycles. The van der Waals surface area contributed by atoms with E-state index >= 15 is 0 Å². The van der Waals surface area contributed by atoms with Gasteiger partial charge in [0.1, 0.15) is 0 Å². The van der Waals surface area contributed by atoms with Crippen LogP contribution in [0.15, 0.2) is 83.8 Å².